The van der Waals surface area contributed by atoms with Crippen molar-refractivity contribution in [3.63, 3.8) is 0 Å². The molecule has 1 nitrogen and oxygen atoms in total. The largest absolute Gasteiger partial charge is 0.493 e. The van der Waals surface area contributed by atoms with E-state index in [-0.39, 0.29) is 10.8 Å². The van der Waals surface area contributed by atoms with Crippen molar-refractivity contribution in [2.45, 2.75) is 39.0 Å². The van der Waals surface area contributed by atoms with Crippen molar-refractivity contribution in [3.05, 3.63) is 29.3 Å². The average Bonchev–Trinajstić information content (AvgIpc) is 2.74. The van der Waals surface area contributed by atoms with Crippen molar-refractivity contribution >= 4 is 11.6 Å². The molecule has 16 heavy (non-hydrogen) atoms. The third-order valence-corrected chi connectivity index (χ3v) is 4.45. The van der Waals surface area contributed by atoms with E-state index in [2.05, 4.69) is 39.0 Å². The maximum Gasteiger partial charge on any atom is 0.122 e. The Labute approximate surface area is 103 Å². The molecule has 0 aliphatic carbocycles. The minimum atomic E-state index is 0.0726. The molecular formula is C14H19ClO. The predicted octanol–water partition coefficient (Wildman–Crippen LogP) is 4.34. The smallest absolute Gasteiger partial charge is 0.122 e. The van der Waals surface area contributed by atoms with E-state index in [1.807, 2.05) is 0 Å². The molecule has 0 bridgehead atoms. The summed E-state index contributed by atoms with van der Waals surface area (Å²) in [7, 11) is 0. The van der Waals surface area contributed by atoms with Crippen LogP contribution in [0.3, 0.4) is 0 Å². The second kappa shape index (κ2) is 4.29. The molecule has 0 fully saturated rings. The van der Waals surface area contributed by atoms with E-state index >= 15 is 0 Å². The van der Waals surface area contributed by atoms with Crippen LogP contribution in [0.2, 0.25) is 0 Å². The topological polar surface area (TPSA) is 9.23 Å². The van der Waals surface area contributed by atoms with Crippen LogP contribution in [0.4, 0.5) is 0 Å². The molecule has 0 spiro atoms. The second-order valence-electron chi connectivity index (χ2n) is 5.17. The molecular weight excluding hydrogens is 220 g/mol. The van der Waals surface area contributed by atoms with Crippen LogP contribution in [0.25, 0.3) is 0 Å². The van der Waals surface area contributed by atoms with Crippen LogP contribution in [0.1, 0.15) is 43.7 Å². The Kier molecular flexibility index (Phi) is 3.16. The molecule has 0 saturated carbocycles. The molecule has 0 amide bonds. The SMILES string of the molecule is CCC(C)(C)C(Cl)c1ccc2c(c1)CCO2. The van der Waals surface area contributed by atoms with Crippen LogP contribution in [0.5, 0.6) is 5.75 Å². The van der Waals surface area contributed by atoms with Gasteiger partial charge >= 0.3 is 0 Å². The number of fused-ring (bicyclic) bond motifs is 1. The average molecular weight is 239 g/mol. The van der Waals surface area contributed by atoms with Gasteiger partial charge in [-0.1, -0.05) is 32.9 Å². The highest BCUT2D eigenvalue weighted by Gasteiger charge is 2.28. The van der Waals surface area contributed by atoms with E-state index in [1.54, 1.807) is 0 Å². The maximum absolute atomic E-state index is 6.56. The van der Waals surface area contributed by atoms with Gasteiger partial charge in [-0.2, -0.15) is 0 Å². The molecule has 1 unspecified atom stereocenters. The van der Waals surface area contributed by atoms with Crippen molar-refractivity contribution in [3.8, 4) is 5.75 Å². The van der Waals surface area contributed by atoms with Crippen LogP contribution in [-0.2, 0) is 6.42 Å². The number of hydrogen-bond acceptors (Lipinski definition) is 1. The van der Waals surface area contributed by atoms with Crippen molar-refractivity contribution in [2.75, 3.05) is 6.61 Å². The number of rotatable bonds is 3. The Morgan fingerprint density at radius 3 is 2.88 bits per heavy atom. The number of benzene rings is 1. The third-order valence-electron chi connectivity index (χ3n) is 3.60. The Morgan fingerprint density at radius 2 is 2.19 bits per heavy atom. The highest BCUT2D eigenvalue weighted by Crippen LogP contribution is 2.42. The fourth-order valence-corrected chi connectivity index (χ4v) is 2.28. The zero-order valence-electron chi connectivity index (χ0n) is 10.2. The molecule has 0 radical (unpaired) electrons. The molecule has 88 valence electrons. The molecule has 2 heteroatoms. The summed E-state index contributed by atoms with van der Waals surface area (Å²) >= 11 is 6.56. The van der Waals surface area contributed by atoms with Gasteiger partial charge in [-0.25, -0.2) is 0 Å². The zero-order valence-corrected chi connectivity index (χ0v) is 11.0. The Bertz CT molecular complexity index is 384. The molecule has 1 aliphatic rings. The van der Waals surface area contributed by atoms with Gasteiger partial charge in [0, 0.05) is 6.42 Å². The van der Waals surface area contributed by atoms with Gasteiger partial charge in [0.2, 0.25) is 0 Å². The first-order chi connectivity index (χ1) is 7.54. The van der Waals surface area contributed by atoms with E-state index in [4.69, 9.17) is 16.3 Å². The number of ether oxygens (including phenoxy) is 1. The summed E-state index contributed by atoms with van der Waals surface area (Å²) in [6, 6.07) is 6.36. The van der Waals surface area contributed by atoms with Crippen molar-refractivity contribution in [1.82, 2.24) is 0 Å². The highest BCUT2D eigenvalue weighted by molar-refractivity contribution is 6.21. The monoisotopic (exact) mass is 238 g/mol. The molecule has 0 N–H and O–H groups in total. The number of halogens is 1. The Morgan fingerprint density at radius 1 is 1.44 bits per heavy atom. The van der Waals surface area contributed by atoms with Crippen molar-refractivity contribution in [2.24, 2.45) is 5.41 Å². The lowest BCUT2D eigenvalue weighted by Crippen LogP contribution is -2.16. The third kappa shape index (κ3) is 2.06. The van der Waals surface area contributed by atoms with E-state index in [0.29, 0.717) is 0 Å². The van der Waals surface area contributed by atoms with E-state index in [0.717, 1.165) is 25.2 Å². The first-order valence-electron chi connectivity index (χ1n) is 5.94. The summed E-state index contributed by atoms with van der Waals surface area (Å²) in [4.78, 5) is 0. The molecule has 2 rings (SSSR count). The van der Waals surface area contributed by atoms with Crippen molar-refractivity contribution < 1.29 is 4.74 Å². The van der Waals surface area contributed by atoms with Crippen molar-refractivity contribution in [1.29, 1.82) is 0 Å². The summed E-state index contributed by atoms with van der Waals surface area (Å²) in [6.07, 6.45) is 2.09. The lowest BCUT2D eigenvalue weighted by atomic mass is 9.82. The standard InChI is InChI=1S/C14H19ClO/c1-4-14(2,3)13(15)11-5-6-12-10(9-11)7-8-16-12/h5-6,9,13H,4,7-8H2,1-3H3. The van der Waals surface area contributed by atoms with Gasteiger partial charge < -0.3 is 4.74 Å². The van der Waals surface area contributed by atoms with E-state index in [1.165, 1.54) is 11.1 Å². The van der Waals surface area contributed by atoms with Crippen LogP contribution < -0.4 is 4.74 Å². The second-order valence-corrected chi connectivity index (χ2v) is 5.61. The molecule has 1 aliphatic heterocycles. The molecule has 1 atom stereocenters. The van der Waals surface area contributed by atoms with Crippen LogP contribution in [0.15, 0.2) is 18.2 Å². The molecule has 0 aromatic heterocycles. The number of alkyl halides is 1. The lowest BCUT2D eigenvalue weighted by molar-refractivity contribution is 0.336. The summed E-state index contributed by atoms with van der Waals surface area (Å²) in [5.41, 5.74) is 2.66. The molecule has 0 saturated heterocycles. The number of hydrogen-bond donors (Lipinski definition) is 0. The van der Waals surface area contributed by atoms with E-state index < -0.39 is 0 Å². The fourth-order valence-electron chi connectivity index (χ4n) is 1.99. The van der Waals surface area contributed by atoms with Gasteiger partial charge in [0.25, 0.3) is 0 Å². The summed E-state index contributed by atoms with van der Waals surface area (Å²) in [5, 5.41) is 0.0726. The Hall–Kier alpha value is -0.690. The zero-order chi connectivity index (χ0) is 11.8. The van der Waals surface area contributed by atoms with Gasteiger partial charge in [-0.3, -0.25) is 0 Å². The molecule has 1 heterocycles. The summed E-state index contributed by atoms with van der Waals surface area (Å²) < 4.78 is 5.50. The highest BCUT2D eigenvalue weighted by atomic mass is 35.5. The normalized spacial score (nSPS) is 16.8. The maximum atomic E-state index is 6.56. The van der Waals surface area contributed by atoms with Crippen LogP contribution in [-0.4, -0.2) is 6.61 Å². The van der Waals surface area contributed by atoms with Gasteiger partial charge in [-0.15, -0.1) is 11.6 Å². The predicted molar refractivity (Wildman–Crippen MR) is 68.3 cm³/mol. The Balaban J connectivity index is 2.28. The first kappa shape index (κ1) is 11.8. The quantitative estimate of drug-likeness (QED) is 0.712. The van der Waals surface area contributed by atoms with Gasteiger partial charge in [0.05, 0.1) is 12.0 Å². The van der Waals surface area contributed by atoms with Gasteiger partial charge in [0.15, 0.2) is 0 Å². The fraction of sp³-hybridized carbons (Fsp3) is 0.571. The van der Waals surface area contributed by atoms with Crippen LogP contribution in [0, 0.1) is 5.41 Å². The summed E-state index contributed by atoms with van der Waals surface area (Å²) in [5.74, 6) is 1.03. The van der Waals surface area contributed by atoms with Gasteiger partial charge in [-0.05, 0) is 29.0 Å². The minimum Gasteiger partial charge on any atom is -0.493 e. The summed E-state index contributed by atoms with van der Waals surface area (Å²) in [6.45, 7) is 7.43. The first-order valence-corrected chi connectivity index (χ1v) is 6.38. The lowest BCUT2D eigenvalue weighted by Gasteiger charge is -2.29. The molecule has 1 aromatic carbocycles. The minimum absolute atomic E-state index is 0.0726. The van der Waals surface area contributed by atoms with Gasteiger partial charge in [0.1, 0.15) is 5.75 Å². The van der Waals surface area contributed by atoms with E-state index in [9.17, 15) is 0 Å². The van der Waals surface area contributed by atoms with Crippen LogP contribution >= 0.6 is 11.6 Å². The molecule has 1 aromatic rings.